The molecular formula is C18H19N5O. The molecule has 0 aliphatic heterocycles. The van der Waals surface area contributed by atoms with Crippen molar-refractivity contribution in [3.8, 4) is 11.4 Å². The predicted molar refractivity (Wildman–Crippen MR) is 90.9 cm³/mol. The molecule has 1 atom stereocenters. The zero-order valence-electron chi connectivity index (χ0n) is 13.4. The minimum Gasteiger partial charge on any atom is -0.346 e. The number of carbonyl (C=O) groups is 1. The van der Waals surface area contributed by atoms with E-state index in [0.29, 0.717) is 18.1 Å². The van der Waals surface area contributed by atoms with E-state index in [1.165, 1.54) is 0 Å². The van der Waals surface area contributed by atoms with E-state index in [2.05, 4.69) is 25.5 Å². The molecule has 6 nitrogen and oxygen atoms in total. The number of nitrogens with zero attached hydrogens (tertiary/aromatic N) is 3. The number of benzene rings is 1. The van der Waals surface area contributed by atoms with E-state index in [4.69, 9.17) is 0 Å². The number of carbonyl (C=O) groups excluding carboxylic acids is 1. The highest BCUT2D eigenvalue weighted by Gasteiger charge is 2.14. The van der Waals surface area contributed by atoms with Crippen molar-refractivity contribution >= 4 is 5.91 Å². The number of amides is 1. The second-order valence-corrected chi connectivity index (χ2v) is 5.56. The van der Waals surface area contributed by atoms with Gasteiger partial charge in [-0.15, -0.1) is 0 Å². The van der Waals surface area contributed by atoms with Gasteiger partial charge in [-0.05, 0) is 31.0 Å². The van der Waals surface area contributed by atoms with E-state index in [1.807, 2.05) is 49.4 Å². The number of aromatic amines is 1. The smallest absolute Gasteiger partial charge is 0.220 e. The molecule has 2 heterocycles. The van der Waals surface area contributed by atoms with Crippen LogP contribution in [0.25, 0.3) is 11.4 Å². The van der Waals surface area contributed by atoms with E-state index < -0.39 is 0 Å². The van der Waals surface area contributed by atoms with E-state index >= 15 is 0 Å². The van der Waals surface area contributed by atoms with Gasteiger partial charge in [0.05, 0.1) is 6.04 Å². The zero-order chi connectivity index (χ0) is 16.8. The van der Waals surface area contributed by atoms with Crippen molar-refractivity contribution in [2.45, 2.75) is 25.8 Å². The Labute approximate surface area is 140 Å². The van der Waals surface area contributed by atoms with Crippen molar-refractivity contribution in [2.75, 3.05) is 0 Å². The van der Waals surface area contributed by atoms with Crippen molar-refractivity contribution in [1.29, 1.82) is 0 Å². The maximum absolute atomic E-state index is 12.1. The minimum atomic E-state index is -0.230. The van der Waals surface area contributed by atoms with Gasteiger partial charge >= 0.3 is 0 Å². The van der Waals surface area contributed by atoms with Gasteiger partial charge < -0.3 is 5.32 Å². The van der Waals surface area contributed by atoms with Crippen LogP contribution in [-0.2, 0) is 11.2 Å². The number of aryl methyl sites for hydroxylation is 1. The fraction of sp³-hybridized carbons (Fsp3) is 0.222. The van der Waals surface area contributed by atoms with Crippen molar-refractivity contribution in [3.63, 3.8) is 0 Å². The van der Waals surface area contributed by atoms with Crippen LogP contribution < -0.4 is 5.32 Å². The van der Waals surface area contributed by atoms with Crippen molar-refractivity contribution in [3.05, 3.63) is 66.2 Å². The lowest BCUT2D eigenvalue weighted by Crippen LogP contribution is -2.27. The largest absolute Gasteiger partial charge is 0.346 e. The van der Waals surface area contributed by atoms with Crippen LogP contribution in [0.2, 0.25) is 0 Å². The highest BCUT2D eigenvalue weighted by atomic mass is 16.1. The Morgan fingerprint density at radius 1 is 1.21 bits per heavy atom. The van der Waals surface area contributed by atoms with Crippen LogP contribution in [0.3, 0.4) is 0 Å². The maximum Gasteiger partial charge on any atom is 0.220 e. The van der Waals surface area contributed by atoms with Crippen molar-refractivity contribution < 1.29 is 4.79 Å². The van der Waals surface area contributed by atoms with Gasteiger partial charge in [-0.3, -0.25) is 14.9 Å². The zero-order valence-corrected chi connectivity index (χ0v) is 13.4. The molecule has 6 heteroatoms. The molecule has 2 N–H and O–H groups in total. The number of rotatable bonds is 6. The Hall–Kier alpha value is -3.02. The van der Waals surface area contributed by atoms with Crippen LogP contribution in [0, 0.1) is 0 Å². The molecule has 0 bridgehead atoms. The van der Waals surface area contributed by atoms with Crippen LogP contribution in [0.15, 0.2) is 54.9 Å². The van der Waals surface area contributed by atoms with Gasteiger partial charge in [0.25, 0.3) is 0 Å². The van der Waals surface area contributed by atoms with Crippen LogP contribution in [0.1, 0.15) is 30.8 Å². The van der Waals surface area contributed by atoms with E-state index in [0.717, 1.165) is 17.5 Å². The summed E-state index contributed by atoms with van der Waals surface area (Å²) in [6, 6.07) is 13.5. The number of hydrogen-bond donors (Lipinski definition) is 2. The normalized spacial score (nSPS) is 11.9. The number of nitrogens with one attached hydrogen (secondary N) is 2. The van der Waals surface area contributed by atoms with Crippen molar-refractivity contribution in [1.82, 2.24) is 25.5 Å². The second kappa shape index (κ2) is 7.50. The van der Waals surface area contributed by atoms with Crippen LogP contribution >= 0.6 is 0 Å². The SMILES string of the molecule is C[C@H](NC(=O)CCc1ccccc1)c1nc(-c2cccnc2)n[nH]1. The molecule has 0 saturated carbocycles. The average molecular weight is 321 g/mol. The van der Waals surface area contributed by atoms with Crippen LogP contribution in [-0.4, -0.2) is 26.1 Å². The molecule has 0 radical (unpaired) electrons. The summed E-state index contributed by atoms with van der Waals surface area (Å²) in [5.74, 6) is 1.19. The molecule has 0 aliphatic carbocycles. The number of pyridine rings is 1. The molecule has 2 aromatic heterocycles. The van der Waals surface area contributed by atoms with Gasteiger partial charge in [-0.2, -0.15) is 5.10 Å². The van der Waals surface area contributed by atoms with Gasteiger partial charge in [0.15, 0.2) is 5.82 Å². The first-order chi connectivity index (χ1) is 11.7. The molecule has 0 unspecified atom stereocenters. The molecule has 0 spiro atoms. The van der Waals surface area contributed by atoms with Gasteiger partial charge in [-0.1, -0.05) is 30.3 Å². The third kappa shape index (κ3) is 4.04. The number of hydrogen-bond acceptors (Lipinski definition) is 4. The summed E-state index contributed by atoms with van der Waals surface area (Å²) >= 11 is 0. The molecular weight excluding hydrogens is 302 g/mol. The van der Waals surface area contributed by atoms with Gasteiger partial charge in [0.1, 0.15) is 5.82 Å². The molecule has 122 valence electrons. The lowest BCUT2D eigenvalue weighted by molar-refractivity contribution is -0.121. The highest BCUT2D eigenvalue weighted by Crippen LogP contribution is 2.15. The van der Waals surface area contributed by atoms with E-state index in [9.17, 15) is 4.79 Å². The molecule has 0 aliphatic rings. The van der Waals surface area contributed by atoms with Gasteiger partial charge in [0, 0.05) is 24.4 Å². The molecule has 0 fully saturated rings. The van der Waals surface area contributed by atoms with Crippen LogP contribution in [0.5, 0.6) is 0 Å². The van der Waals surface area contributed by atoms with Gasteiger partial charge in [-0.25, -0.2) is 4.98 Å². The molecule has 24 heavy (non-hydrogen) atoms. The Bertz CT molecular complexity index is 785. The number of H-pyrrole nitrogens is 1. The quantitative estimate of drug-likeness (QED) is 0.731. The maximum atomic E-state index is 12.1. The second-order valence-electron chi connectivity index (χ2n) is 5.56. The fourth-order valence-corrected chi connectivity index (χ4v) is 2.38. The Morgan fingerprint density at radius 3 is 2.79 bits per heavy atom. The molecule has 1 aromatic carbocycles. The van der Waals surface area contributed by atoms with E-state index in [-0.39, 0.29) is 11.9 Å². The summed E-state index contributed by atoms with van der Waals surface area (Å²) < 4.78 is 0. The van der Waals surface area contributed by atoms with E-state index in [1.54, 1.807) is 12.4 Å². The standard InChI is InChI=1S/C18H19N5O/c1-13(20-16(24)10-9-14-6-3-2-4-7-14)17-21-18(23-22-17)15-8-5-11-19-12-15/h2-8,11-13H,9-10H2,1H3,(H,20,24)(H,21,22,23)/t13-/m0/s1. The third-order valence-corrected chi connectivity index (χ3v) is 3.69. The van der Waals surface area contributed by atoms with Crippen LogP contribution in [0.4, 0.5) is 0 Å². The number of aromatic nitrogens is 4. The monoisotopic (exact) mass is 321 g/mol. The highest BCUT2D eigenvalue weighted by molar-refractivity contribution is 5.76. The Morgan fingerprint density at radius 2 is 2.04 bits per heavy atom. The summed E-state index contributed by atoms with van der Waals surface area (Å²) in [4.78, 5) is 20.6. The predicted octanol–water partition coefficient (Wildman–Crippen LogP) is 2.68. The fourth-order valence-electron chi connectivity index (χ4n) is 2.38. The summed E-state index contributed by atoms with van der Waals surface area (Å²) in [7, 11) is 0. The Kier molecular flexibility index (Phi) is 4.96. The molecule has 1 amide bonds. The Balaban J connectivity index is 1.56. The summed E-state index contributed by atoms with van der Waals surface area (Å²) in [6.07, 6.45) is 4.57. The summed E-state index contributed by atoms with van der Waals surface area (Å²) in [5, 5.41) is 10.0. The average Bonchev–Trinajstić information content (AvgIpc) is 3.12. The summed E-state index contributed by atoms with van der Waals surface area (Å²) in [5.41, 5.74) is 1.99. The molecule has 3 rings (SSSR count). The first-order valence-corrected chi connectivity index (χ1v) is 7.88. The molecule has 0 saturated heterocycles. The topological polar surface area (TPSA) is 83.6 Å². The first kappa shape index (κ1) is 15.9. The lowest BCUT2D eigenvalue weighted by atomic mass is 10.1. The third-order valence-electron chi connectivity index (χ3n) is 3.69. The minimum absolute atomic E-state index is 0.00863. The lowest BCUT2D eigenvalue weighted by Gasteiger charge is -2.10. The van der Waals surface area contributed by atoms with Gasteiger partial charge in [0.2, 0.25) is 5.91 Å². The molecule has 3 aromatic rings. The van der Waals surface area contributed by atoms with Crippen molar-refractivity contribution in [2.24, 2.45) is 0 Å². The first-order valence-electron chi connectivity index (χ1n) is 7.88. The summed E-state index contributed by atoms with van der Waals surface area (Å²) in [6.45, 7) is 1.88.